The molecule has 20 heavy (non-hydrogen) atoms. The van der Waals surface area contributed by atoms with Crippen molar-refractivity contribution in [2.45, 2.75) is 20.3 Å². The summed E-state index contributed by atoms with van der Waals surface area (Å²) in [5.41, 5.74) is 0.393. The highest BCUT2D eigenvalue weighted by Crippen LogP contribution is 2.30. The van der Waals surface area contributed by atoms with Crippen LogP contribution in [0.5, 0.6) is 5.75 Å². The van der Waals surface area contributed by atoms with Crippen LogP contribution in [-0.4, -0.2) is 25.7 Å². The quantitative estimate of drug-likeness (QED) is 0.607. The summed E-state index contributed by atoms with van der Waals surface area (Å²) in [5, 5.41) is 16.0. The standard InChI is InChI=1S/C12H18N2O5S/c1-3-10(8-20(13,17)18)7-19-11-6-4-5-9(2)12(11)14(15)16/h4-6,10H,3,7-8H2,1-2H3,(H2,13,17,18). The number of hydrogen-bond donors (Lipinski definition) is 1. The Morgan fingerprint density at radius 3 is 2.60 bits per heavy atom. The van der Waals surface area contributed by atoms with Crippen LogP contribution in [0.25, 0.3) is 0 Å². The maximum absolute atomic E-state index is 11.1. The minimum Gasteiger partial charge on any atom is -0.486 e. The first kappa shape index (κ1) is 16.4. The van der Waals surface area contributed by atoms with E-state index in [9.17, 15) is 18.5 Å². The third-order valence-electron chi connectivity index (χ3n) is 2.90. The number of primary sulfonamides is 1. The van der Waals surface area contributed by atoms with E-state index in [0.29, 0.717) is 12.0 Å². The van der Waals surface area contributed by atoms with E-state index in [0.717, 1.165) is 0 Å². The van der Waals surface area contributed by atoms with E-state index < -0.39 is 14.9 Å². The van der Waals surface area contributed by atoms with Gasteiger partial charge in [0.15, 0.2) is 5.75 Å². The van der Waals surface area contributed by atoms with Crippen molar-refractivity contribution in [2.24, 2.45) is 11.1 Å². The van der Waals surface area contributed by atoms with E-state index >= 15 is 0 Å². The Morgan fingerprint density at radius 2 is 2.10 bits per heavy atom. The van der Waals surface area contributed by atoms with Gasteiger partial charge in [0.1, 0.15) is 0 Å². The van der Waals surface area contributed by atoms with Gasteiger partial charge in [-0.15, -0.1) is 0 Å². The molecule has 0 aliphatic heterocycles. The molecule has 0 spiro atoms. The number of ether oxygens (including phenoxy) is 1. The van der Waals surface area contributed by atoms with Crippen LogP contribution < -0.4 is 9.88 Å². The number of nitro groups is 1. The fourth-order valence-corrected chi connectivity index (χ4v) is 2.79. The van der Waals surface area contributed by atoms with E-state index in [4.69, 9.17) is 9.88 Å². The fraction of sp³-hybridized carbons (Fsp3) is 0.500. The highest BCUT2D eigenvalue weighted by molar-refractivity contribution is 7.89. The summed E-state index contributed by atoms with van der Waals surface area (Å²) in [5.74, 6) is -0.365. The molecule has 0 bridgehead atoms. The molecule has 0 aliphatic carbocycles. The minimum atomic E-state index is -3.59. The largest absolute Gasteiger partial charge is 0.486 e. The van der Waals surface area contributed by atoms with Crippen LogP contribution in [-0.2, 0) is 10.0 Å². The second-order valence-electron chi connectivity index (χ2n) is 4.59. The molecule has 2 N–H and O–H groups in total. The summed E-state index contributed by atoms with van der Waals surface area (Å²) in [7, 11) is -3.59. The maximum atomic E-state index is 11.1. The van der Waals surface area contributed by atoms with Crippen LogP contribution in [0.3, 0.4) is 0 Å². The Hall–Kier alpha value is -1.67. The smallest absolute Gasteiger partial charge is 0.313 e. The highest BCUT2D eigenvalue weighted by Gasteiger charge is 2.20. The summed E-state index contributed by atoms with van der Waals surface area (Å²) < 4.78 is 27.5. The Kier molecular flexibility index (Phi) is 5.46. The lowest BCUT2D eigenvalue weighted by molar-refractivity contribution is -0.386. The fourth-order valence-electron chi connectivity index (χ4n) is 1.80. The first-order valence-electron chi connectivity index (χ1n) is 6.12. The van der Waals surface area contributed by atoms with Crippen molar-refractivity contribution < 1.29 is 18.1 Å². The zero-order valence-corrected chi connectivity index (χ0v) is 12.2. The van der Waals surface area contributed by atoms with E-state index in [1.807, 2.05) is 6.92 Å². The molecule has 1 aromatic rings. The van der Waals surface area contributed by atoms with Crippen LogP contribution >= 0.6 is 0 Å². The molecular weight excluding hydrogens is 284 g/mol. The van der Waals surface area contributed by atoms with Crippen LogP contribution in [0.4, 0.5) is 5.69 Å². The number of nitrogens with two attached hydrogens (primary N) is 1. The van der Waals surface area contributed by atoms with Crippen molar-refractivity contribution in [3.05, 3.63) is 33.9 Å². The highest BCUT2D eigenvalue weighted by atomic mass is 32.2. The lowest BCUT2D eigenvalue weighted by Gasteiger charge is -2.15. The van der Waals surface area contributed by atoms with E-state index in [-0.39, 0.29) is 29.7 Å². The lowest BCUT2D eigenvalue weighted by Crippen LogP contribution is -2.26. The van der Waals surface area contributed by atoms with Gasteiger partial charge in [-0.3, -0.25) is 10.1 Å². The molecule has 8 heteroatoms. The summed E-state index contributed by atoms with van der Waals surface area (Å²) in [6.07, 6.45) is 0.552. The molecule has 0 aliphatic rings. The SMILES string of the molecule is CCC(COc1cccc(C)c1[N+](=O)[O-])CS(N)(=O)=O. The molecular formula is C12H18N2O5S. The number of para-hydroxylation sites is 1. The second-order valence-corrected chi connectivity index (χ2v) is 6.25. The van der Waals surface area contributed by atoms with E-state index in [1.165, 1.54) is 6.07 Å². The zero-order valence-electron chi connectivity index (χ0n) is 11.4. The molecule has 1 rings (SSSR count). The first-order valence-corrected chi connectivity index (χ1v) is 7.83. The Balaban J connectivity index is 2.84. The monoisotopic (exact) mass is 302 g/mol. The molecule has 1 atom stereocenters. The molecule has 0 radical (unpaired) electrons. The van der Waals surface area contributed by atoms with Gasteiger partial charge in [0.25, 0.3) is 0 Å². The summed E-state index contributed by atoms with van der Waals surface area (Å²) in [6.45, 7) is 3.49. The van der Waals surface area contributed by atoms with Crippen molar-refractivity contribution in [2.75, 3.05) is 12.4 Å². The zero-order chi connectivity index (χ0) is 15.3. The number of hydrogen-bond acceptors (Lipinski definition) is 5. The van der Waals surface area contributed by atoms with Crippen LogP contribution in [0.15, 0.2) is 18.2 Å². The van der Waals surface area contributed by atoms with Crippen LogP contribution in [0, 0.1) is 23.0 Å². The molecule has 1 unspecified atom stereocenters. The molecule has 0 amide bonds. The predicted octanol–water partition coefficient (Wildman–Crippen LogP) is 1.60. The van der Waals surface area contributed by atoms with Crippen molar-refractivity contribution in [1.82, 2.24) is 0 Å². The molecule has 0 saturated carbocycles. The summed E-state index contributed by atoms with van der Waals surface area (Å²) in [6, 6.07) is 4.76. The van der Waals surface area contributed by atoms with Crippen LogP contribution in [0.1, 0.15) is 18.9 Å². The third kappa shape index (κ3) is 4.78. The molecule has 1 aromatic carbocycles. The molecule has 112 valence electrons. The summed E-state index contributed by atoms with van der Waals surface area (Å²) in [4.78, 5) is 10.5. The topological polar surface area (TPSA) is 113 Å². The van der Waals surface area contributed by atoms with Gasteiger partial charge in [0, 0.05) is 11.5 Å². The van der Waals surface area contributed by atoms with Gasteiger partial charge in [-0.25, -0.2) is 13.6 Å². The third-order valence-corrected chi connectivity index (χ3v) is 3.84. The number of nitrogens with zero attached hydrogens (tertiary/aromatic N) is 1. The Labute approximate surface area is 117 Å². The molecule has 0 fully saturated rings. The lowest BCUT2D eigenvalue weighted by atomic mass is 10.1. The van der Waals surface area contributed by atoms with Crippen molar-refractivity contribution in [3.8, 4) is 5.75 Å². The first-order chi connectivity index (χ1) is 9.24. The molecule has 0 saturated heterocycles. The van der Waals surface area contributed by atoms with E-state index in [2.05, 4.69) is 0 Å². The maximum Gasteiger partial charge on any atom is 0.313 e. The number of rotatable bonds is 7. The van der Waals surface area contributed by atoms with Gasteiger partial charge in [-0.2, -0.15) is 0 Å². The summed E-state index contributed by atoms with van der Waals surface area (Å²) >= 11 is 0. The van der Waals surface area contributed by atoms with Crippen LogP contribution in [0.2, 0.25) is 0 Å². The van der Waals surface area contributed by atoms with Crippen molar-refractivity contribution in [1.29, 1.82) is 0 Å². The molecule has 0 heterocycles. The van der Waals surface area contributed by atoms with E-state index in [1.54, 1.807) is 19.1 Å². The minimum absolute atomic E-state index is 0.0667. The van der Waals surface area contributed by atoms with Crippen molar-refractivity contribution >= 4 is 15.7 Å². The second kappa shape index (κ2) is 6.67. The number of nitro benzene ring substituents is 1. The van der Waals surface area contributed by atoms with Gasteiger partial charge in [0.05, 0.1) is 17.3 Å². The Bertz CT molecular complexity index is 586. The van der Waals surface area contributed by atoms with Gasteiger partial charge in [0.2, 0.25) is 10.0 Å². The number of benzene rings is 1. The van der Waals surface area contributed by atoms with Crippen molar-refractivity contribution in [3.63, 3.8) is 0 Å². The number of sulfonamides is 1. The Morgan fingerprint density at radius 1 is 1.45 bits per heavy atom. The number of aryl methyl sites for hydroxylation is 1. The molecule has 0 aromatic heterocycles. The van der Waals surface area contributed by atoms with Gasteiger partial charge >= 0.3 is 5.69 Å². The average molecular weight is 302 g/mol. The van der Waals surface area contributed by atoms with Gasteiger partial charge in [-0.05, 0) is 19.4 Å². The van der Waals surface area contributed by atoms with Gasteiger partial charge in [-0.1, -0.05) is 19.1 Å². The normalized spacial score (nSPS) is 12.9. The van der Waals surface area contributed by atoms with Gasteiger partial charge < -0.3 is 4.74 Å². The predicted molar refractivity (Wildman–Crippen MR) is 75.1 cm³/mol. The average Bonchev–Trinajstić information content (AvgIpc) is 2.32. The molecule has 7 nitrogen and oxygen atoms in total.